The minimum Gasteiger partial charge on any atom is -0.493 e. The summed E-state index contributed by atoms with van der Waals surface area (Å²) in [5.41, 5.74) is 2.44. The van der Waals surface area contributed by atoms with Crippen molar-refractivity contribution in [1.82, 2.24) is 14.8 Å². The summed E-state index contributed by atoms with van der Waals surface area (Å²) in [5, 5.41) is 12.9. The van der Waals surface area contributed by atoms with Crippen molar-refractivity contribution in [2.45, 2.75) is 58.2 Å². The first-order chi connectivity index (χ1) is 18.4. The highest BCUT2D eigenvalue weighted by molar-refractivity contribution is 7.99. The van der Waals surface area contributed by atoms with E-state index < -0.39 is 0 Å². The predicted molar refractivity (Wildman–Crippen MR) is 152 cm³/mol. The SMILES string of the molecule is C=CCn1c(SCC(=O)Nc2sc3c(c2C(=O)OCC)CCCC3)nnc1-c1ccc(OCC(C)C)cc1. The molecule has 0 saturated carbocycles. The monoisotopic (exact) mass is 554 g/mol. The number of rotatable bonds is 12. The number of benzene rings is 1. The molecule has 2 heterocycles. The molecule has 0 unspecified atom stereocenters. The zero-order valence-electron chi connectivity index (χ0n) is 22.1. The molecule has 202 valence electrons. The number of aromatic nitrogens is 3. The quantitative estimate of drug-likeness (QED) is 0.166. The largest absolute Gasteiger partial charge is 0.493 e. The Morgan fingerprint density at radius 2 is 1.97 bits per heavy atom. The molecule has 3 aromatic rings. The molecule has 1 aromatic carbocycles. The fourth-order valence-corrected chi connectivity index (χ4v) is 6.27. The summed E-state index contributed by atoms with van der Waals surface area (Å²) >= 11 is 2.78. The van der Waals surface area contributed by atoms with Crippen LogP contribution < -0.4 is 10.1 Å². The lowest BCUT2D eigenvalue weighted by atomic mass is 9.95. The number of fused-ring (bicyclic) bond motifs is 1. The van der Waals surface area contributed by atoms with Gasteiger partial charge in [0.15, 0.2) is 11.0 Å². The van der Waals surface area contributed by atoms with Gasteiger partial charge in [0.1, 0.15) is 10.8 Å². The van der Waals surface area contributed by atoms with Gasteiger partial charge >= 0.3 is 5.97 Å². The highest BCUT2D eigenvalue weighted by atomic mass is 32.2. The fraction of sp³-hybridized carbons (Fsp3) is 0.429. The highest BCUT2D eigenvalue weighted by Crippen LogP contribution is 2.39. The minimum absolute atomic E-state index is 0.127. The molecule has 0 aliphatic heterocycles. The molecular formula is C28H34N4O4S2. The number of thiophene rings is 1. The molecule has 1 amide bonds. The molecule has 10 heteroatoms. The first-order valence-electron chi connectivity index (χ1n) is 12.9. The molecule has 8 nitrogen and oxygen atoms in total. The van der Waals surface area contributed by atoms with Gasteiger partial charge < -0.3 is 14.8 Å². The van der Waals surface area contributed by atoms with Crippen LogP contribution in [0.1, 0.15) is 54.4 Å². The van der Waals surface area contributed by atoms with Crippen LogP contribution in [0, 0.1) is 5.92 Å². The zero-order valence-corrected chi connectivity index (χ0v) is 23.8. The maximum atomic E-state index is 13.0. The summed E-state index contributed by atoms with van der Waals surface area (Å²) in [5.74, 6) is 1.50. The Balaban J connectivity index is 1.46. The lowest BCUT2D eigenvalue weighted by Gasteiger charge is -2.12. The zero-order chi connectivity index (χ0) is 27.1. The second kappa shape index (κ2) is 13.1. The number of nitrogens with zero attached hydrogens (tertiary/aromatic N) is 3. The molecule has 0 fully saturated rings. The Morgan fingerprint density at radius 3 is 2.68 bits per heavy atom. The molecule has 0 saturated heterocycles. The lowest BCUT2D eigenvalue weighted by Crippen LogP contribution is -2.17. The standard InChI is InChI=1S/C28H34N4O4S2/c1-5-15-32-25(19-11-13-20(14-12-19)36-16-18(3)4)30-31-28(32)37-17-23(33)29-26-24(27(34)35-6-2)21-9-7-8-10-22(21)38-26/h5,11-14,18H,1,6-10,15-17H2,2-4H3,(H,29,33). The highest BCUT2D eigenvalue weighted by Gasteiger charge is 2.27. The maximum absolute atomic E-state index is 13.0. The molecule has 1 N–H and O–H groups in total. The van der Waals surface area contributed by atoms with E-state index in [4.69, 9.17) is 9.47 Å². The van der Waals surface area contributed by atoms with Crippen LogP contribution in [0.5, 0.6) is 5.75 Å². The molecule has 1 aliphatic carbocycles. The number of esters is 1. The van der Waals surface area contributed by atoms with Crippen LogP contribution in [0.3, 0.4) is 0 Å². The molecule has 38 heavy (non-hydrogen) atoms. The second-order valence-electron chi connectivity index (χ2n) is 9.41. The first kappa shape index (κ1) is 27.9. The predicted octanol–water partition coefficient (Wildman–Crippen LogP) is 6.01. The van der Waals surface area contributed by atoms with Crippen LogP contribution in [-0.4, -0.2) is 45.6 Å². The van der Waals surface area contributed by atoms with E-state index in [0.29, 0.717) is 47.2 Å². The van der Waals surface area contributed by atoms with E-state index in [-0.39, 0.29) is 17.6 Å². The van der Waals surface area contributed by atoms with Crippen LogP contribution in [0.4, 0.5) is 5.00 Å². The summed E-state index contributed by atoms with van der Waals surface area (Å²) in [6.45, 7) is 11.3. The first-order valence-corrected chi connectivity index (χ1v) is 14.7. The molecule has 1 aliphatic rings. The summed E-state index contributed by atoms with van der Waals surface area (Å²) < 4.78 is 13.0. The molecule has 2 aromatic heterocycles. The smallest absolute Gasteiger partial charge is 0.341 e. The average molecular weight is 555 g/mol. The van der Waals surface area contributed by atoms with Gasteiger partial charge in [0.2, 0.25) is 5.91 Å². The number of hydrogen-bond donors (Lipinski definition) is 1. The van der Waals surface area contributed by atoms with Crippen LogP contribution >= 0.6 is 23.1 Å². The van der Waals surface area contributed by atoms with Gasteiger partial charge in [-0.25, -0.2) is 4.79 Å². The van der Waals surface area contributed by atoms with Crippen LogP contribution in [-0.2, 0) is 28.9 Å². The van der Waals surface area contributed by atoms with Crippen LogP contribution in [0.15, 0.2) is 42.1 Å². The Kier molecular flexibility index (Phi) is 9.63. The van der Waals surface area contributed by atoms with Crippen molar-refractivity contribution >= 4 is 40.0 Å². The van der Waals surface area contributed by atoms with E-state index in [0.717, 1.165) is 42.6 Å². The normalized spacial score (nSPS) is 12.7. The Labute approximate surface area is 231 Å². The van der Waals surface area contributed by atoms with Gasteiger partial charge in [-0.15, -0.1) is 28.1 Å². The molecule has 0 bridgehead atoms. The van der Waals surface area contributed by atoms with Gasteiger partial charge in [-0.1, -0.05) is 31.7 Å². The number of nitrogens with one attached hydrogen (secondary N) is 1. The number of hydrogen-bond acceptors (Lipinski definition) is 8. The van der Waals surface area contributed by atoms with Gasteiger partial charge in [0, 0.05) is 17.0 Å². The van der Waals surface area contributed by atoms with Crippen molar-refractivity contribution in [3.05, 3.63) is 52.9 Å². The van der Waals surface area contributed by atoms with Gasteiger partial charge in [-0.2, -0.15) is 0 Å². The number of ether oxygens (including phenoxy) is 2. The number of thioether (sulfide) groups is 1. The maximum Gasteiger partial charge on any atom is 0.341 e. The van der Waals surface area contributed by atoms with E-state index in [2.05, 4.69) is 35.9 Å². The molecule has 0 spiro atoms. The number of amides is 1. The Morgan fingerprint density at radius 1 is 1.21 bits per heavy atom. The minimum atomic E-state index is -0.370. The third-order valence-electron chi connectivity index (χ3n) is 5.96. The second-order valence-corrected chi connectivity index (χ2v) is 11.5. The fourth-order valence-electron chi connectivity index (χ4n) is 4.23. The van der Waals surface area contributed by atoms with E-state index in [1.54, 1.807) is 13.0 Å². The van der Waals surface area contributed by atoms with Gasteiger partial charge in [0.05, 0.1) is 24.5 Å². The van der Waals surface area contributed by atoms with Crippen LogP contribution in [0.25, 0.3) is 11.4 Å². The van der Waals surface area contributed by atoms with Crippen molar-refractivity contribution in [2.24, 2.45) is 5.92 Å². The summed E-state index contributed by atoms with van der Waals surface area (Å²) in [6, 6.07) is 7.76. The van der Waals surface area contributed by atoms with Crippen molar-refractivity contribution < 1.29 is 19.1 Å². The van der Waals surface area contributed by atoms with E-state index in [1.807, 2.05) is 28.8 Å². The Bertz CT molecular complexity index is 1280. The number of allylic oxidation sites excluding steroid dienone is 1. The average Bonchev–Trinajstić information content (AvgIpc) is 3.47. The summed E-state index contributed by atoms with van der Waals surface area (Å²) in [7, 11) is 0. The third-order valence-corrected chi connectivity index (χ3v) is 8.13. The summed E-state index contributed by atoms with van der Waals surface area (Å²) in [6.07, 6.45) is 5.67. The Hall–Kier alpha value is -3.11. The van der Waals surface area contributed by atoms with E-state index in [1.165, 1.54) is 28.0 Å². The summed E-state index contributed by atoms with van der Waals surface area (Å²) in [4.78, 5) is 26.8. The van der Waals surface area contributed by atoms with Gasteiger partial charge in [0.25, 0.3) is 0 Å². The van der Waals surface area contributed by atoms with Crippen molar-refractivity contribution in [3.8, 4) is 17.1 Å². The van der Waals surface area contributed by atoms with Crippen molar-refractivity contribution in [3.63, 3.8) is 0 Å². The number of anilines is 1. The lowest BCUT2D eigenvalue weighted by molar-refractivity contribution is -0.113. The number of aryl methyl sites for hydroxylation is 1. The van der Waals surface area contributed by atoms with Crippen molar-refractivity contribution in [2.75, 3.05) is 24.3 Å². The topological polar surface area (TPSA) is 95.3 Å². The van der Waals surface area contributed by atoms with Crippen LogP contribution in [0.2, 0.25) is 0 Å². The third kappa shape index (κ3) is 6.66. The van der Waals surface area contributed by atoms with E-state index >= 15 is 0 Å². The number of carbonyl (C=O) groups is 2. The molecule has 4 rings (SSSR count). The van der Waals surface area contributed by atoms with Gasteiger partial charge in [-0.05, 0) is 68.4 Å². The molecule has 0 radical (unpaired) electrons. The van der Waals surface area contributed by atoms with Gasteiger partial charge in [-0.3, -0.25) is 9.36 Å². The van der Waals surface area contributed by atoms with E-state index in [9.17, 15) is 9.59 Å². The molecular weight excluding hydrogens is 520 g/mol. The number of carbonyl (C=O) groups excluding carboxylic acids is 2. The van der Waals surface area contributed by atoms with Crippen molar-refractivity contribution in [1.29, 1.82) is 0 Å². The molecule has 0 atom stereocenters.